The van der Waals surface area contributed by atoms with Crippen LogP contribution < -0.4 is 9.80 Å². The molecule has 0 unspecified atom stereocenters. The van der Waals surface area contributed by atoms with Crippen LogP contribution in [0.2, 0.25) is 0 Å². The maximum absolute atomic E-state index is 12.5. The smallest absolute Gasteiger partial charge is 0.222 e. The summed E-state index contributed by atoms with van der Waals surface area (Å²) in [7, 11) is 3.98. The van der Waals surface area contributed by atoms with Gasteiger partial charge in [-0.15, -0.1) is 0 Å². The summed E-state index contributed by atoms with van der Waals surface area (Å²) in [6, 6.07) is 10.5. The van der Waals surface area contributed by atoms with Gasteiger partial charge in [0.2, 0.25) is 5.91 Å². The molecule has 0 radical (unpaired) electrons. The van der Waals surface area contributed by atoms with E-state index in [1.54, 1.807) is 6.20 Å². The molecule has 3 heterocycles. The summed E-state index contributed by atoms with van der Waals surface area (Å²) < 4.78 is 0. The topological polar surface area (TPSA) is 52.6 Å². The van der Waals surface area contributed by atoms with Gasteiger partial charge >= 0.3 is 0 Å². The first-order valence-corrected chi connectivity index (χ1v) is 10.6. The summed E-state index contributed by atoms with van der Waals surface area (Å²) in [5.74, 6) is 2.16. The van der Waals surface area contributed by atoms with E-state index >= 15 is 0 Å². The van der Waals surface area contributed by atoms with Crippen LogP contribution in [0.15, 0.2) is 42.7 Å². The monoisotopic (exact) mass is 393 g/mol. The predicted molar refractivity (Wildman–Crippen MR) is 116 cm³/mol. The van der Waals surface area contributed by atoms with Crippen molar-refractivity contribution in [2.45, 2.75) is 32.1 Å². The van der Waals surface area contributed by atoms with Crippen LogP contribution in [0.5, 0.6) is 0 Å². The van der Waals surface area contributed by atoms with Crippen molar-refractivity contribution < 1.29 is 4.79 Å². The minimum Gasteiger partial charge on any atom is -0.361 e. The number of carbonyl (C=O) groups is 1. The molecule has 0 saturated carbocycles. The zero-order valence-electron chi connectivity index (χ0n) is 17.5. The zero-order valence-corrected chi connectivity index (χ0v) is 17.5. The molecule has 2 aromatic rings. The number of benzene rings is 1. The van der Waals surface area contributed by atoms with E-state index < -0.39 is 0 Å². The number of hydrogen-bond acceptors (Lipinski definition) is 5. The molecular weight excluding hydrogens is 362 g/mol. The number of likely N-dealkylation sites (tertiary alicyclic amines) is 1. The van der Waals surface area contributed by atoms with E-state index in [4.69, 9.17) is 4.98 Å². The van der Waals surface area contributed by atoms with Gasteiger partial charge in [0.1, 0.15) is 11.6 Å². The highest BCUT2D eigenvalue weighted by atomic mass is 16.2. The Kier molecular flexibility index (Phi) is 5.69. The van der Waals surface area contributed by atoms with E-state index in [0.717, 1.165) is 63.5 Å². The summed E-state index contributed by atoms with van der Waals surface area (Å²) in [5.41, 5.74) is 1.56. The average Bonchev–Trinajstić information content (AvgIpc) is 2.76. The zero-order chi connectivity index (χ0) is 20.3. The van der Waals surface area contributed by atoms with Crippen molar-refractivity contribution in [2.75, 3.05) is 50.1 Å². The molecule has 1 amide bonds. The van der Waals surface area contributed by atoms with E-state index in [-0.39, 0.29) is 5.41 Å². The predicted octanol–water partition coefficient (Wildman–Crippen LogP) is 2.99. The molecule has 2 aliphatic heterocycles. The molecule has 154 valence electrons. The highest BCUT2D eigenvalue weighted by molar-refractivity contribution is 5.77. The Hall–Kier alpha value is -2.63. The number of piperidine rings is 2. The second-order valence-corrected chi connectivity index (χ2v) is 8.67. The summed E-state index contributed by atoms with van der Waals surface area (Å²) in [6.45, 7) is 3.68. The Labute approximate surface area is 173 Å². The Morgan fingerprint density at radius 1 is 1.07 bits per heavy atom. The third-order valence-electron chi connectivity index (χ3n) is 6.48. The van der Waals surface area contributed by atoms with Gasteiger partial charge in [-0.05, 0) is 36.7 Å². The number of aromatic nitrogens is 2. The first kappa shape index (κ1) is 19.7. The lowest BCUT2D eigenvalue weighted by Crippen LogP contribution is -2.52. The number of amides is 1. The van der Waals surface area contributed by atoms with E-state index in [9.17, 15) is 4.79 Å². The van der Waals surface area contributed by atoms with Gasteiger partial charge in [-0.25, -0.2) is 4.98 Å². The molecule has 6 nitrogen and oxygen atoms in total. The highest BCUT2D eigenvalue weighted by Crippen LogP contribution is 2.41. The van der Waals surface area contributed by atoms with Crippen molar-refractivity contribution in [3.05, 3.63) is 48.3 Å². The SMILES string of the molecule is CN(C)c1cncc(N2CCC3(CCC(=O)N(CCc4ccccc4)C3)CC2)n1. The lowest BCUT2D eigenvalue weighted by atomic mass is 9.72. The van der Waals surface area contributed by atoms with Crippen molar-refractivity contribution in [3.8, 4) is 0 Å². The summed E-state index contributed by atoms with van der Waals surface area (Å²) >= 11 is 0. The van der Waals surface area contributed by atoms with Crippen molar-refractivity contribution >= 4 is 17.5 Å². The Balaban J connectivity index is 1.37. The van der Waals surface area contributed by atoms with Crippen LogP contribution in [0.4, 0.5) is 11.6 Å². The number of anilines is 2. The standard InChI is InChI=1S/C23H31N5O/c1-26(2)20-16-24-17-21(25-20)27-14-11-23(12-15-27)10-8-22(29)28(18-23)13-9-19-6-4-3-5-7-19/h3-7,16-17H,8-15,18H2,1-2H3. The van der Waals surface area contributed by atoms with E-state index in [0.29, 0.717) is 12.3 Å². The van der Waals surface area contributed by atoms with Crippen molar-refractivity contribution in [1.29, 1.82) is 0 Å². The molecular formula is C23H31N5O. The molecule has 0 atom stereocenters. The maximum Gasteiger partial charge on any atom is 0.222 e. The summed E-state index contributed by atoms with van der Waals surface area (Å²) in [6.07, 6.45) is 8.51. The van der Waals surface area contributed by atoms with Gasteiger partial charge in [0, 0.05) is 46.7 Å². The van der Waals surface area contributed by atoms with Crippen LogP contribution in [0, 0.1) is 5.41 Å². The van der Waals surface area contributed by atoms with Crippen LogP contribution in [0.25, 0.3) is 0 Å². The Morgan fingerprint density at radius 2 is 1.83 bits per heavy atom. The van der Waals surface area contributed by atoms with Gasteiger partial charge in [0.25, 0.3) is 0 Å². The highest BCUT2D eigenvalue weighted by Gasteiger charge is 2.41. The van der Waals surface area contributed by atoms with Crippen LogP contribution in [-0.4, -0.2) is 61.0 Å². The molecule has 2 saturated heterocycles. The normalized spacial score (nSPS) is 18.9. The van der Waals surface area contributed by atoms with E-state index in [1.165, 1.54) is 5.56 Å². The van der Waals surface area contributed by atoms with Gasteiger partial charge in [-0.3, -0.25) is 9.78 Å². The maximum atomic E-state index is 12.5. The van der Waals surface area contributed by atoms with Crippen LogP contribution in [0.1, 0.15) is 31.2 Å². The number of rotatable bonds is 5. The fourth-order valence-electron chi connectivity index (χ4n) is 4.55. The quantitative estimate of drug-likeness (QED) is 0.782. The third-order valence-corrected chi connectivity index (χ3v) is 6.48. The number of nitrogens with zero attached hydrogens (tertiary/aromatic N) is 5. The largest absolute Gasteiger partial charge is 0.361 e. The first-order chi connectivity index (χ1) is 14.0. The van der Waals surface area contributed by atoms with Crippen LogP contribution in [0.3, 0.4) is 0 Å². The van der Waals surface area contributed by atoms with Crippen LogP contribution in [-0.2, 0) is 11.2 Å². The van der Waals surface area contributed by atoms with Gasteiger partial charge < -0.3 is 14.7 Å². The molecule has 1 aromatic carbocycles. The molecule has 4 rings (SSSR count). The van der Waals surface area contributed by atoms with Gasteiger partial charge in [-0.2, -0.15) is 0 Å². The van der Waals surface area contributed by atoms with Crippen molar-refractivity contribution in [2.24, 2.45) is 5.41 Å². The first-order valence-electron chi connectivity index (χ1n) is 10.6. The number of carbonyl (C=O) groups excluding carboxylic acids is 1. The van der Waals surface area contributed by atoms with Crippen molar-refractivity contribution in [1.82, 2.24) is 14.9 Å². The minimum absolute atomic E-state index is 0.258. The second kappa shape index (κ2) is 8.39. The molecule has 1 spiro atoms. The minimum atomic E-state index is 0.258. The fraction of sp³-hybridized carbons (Fsp3) is 0.522. The third kappa shape index (κ3) is 4.52. The number of hydrogen-bond donors (Lipinski definition) is 0. The molecule has 1 aromatic heterocycles. The van der Waals surface area contributed by atoms with Gasteiger partial charge in [0.05, 0.1) is 12.4 Å². The molecule has 2 aliphatic rings. The molecule has 29 heavy (non-hydrogen) atoms. The second-order valence-electron chi connectivity index (χ2n) is 8.67. The molecule has 6 heteroatoms. The van der Waals surface area contributed by atoms with E-state index in [2.05, 4.69) is 39.0 Å². The molecule has 0 aliphatic carbocycles. The Bertz CT molecular complexity index is 830. The fourth-order valence-corrected chi connectivity index (χ4v) is 4.55. The van der Waals surface area contributed by atoms with Gasteiger partial charge in [0.15, 0.2) is 0 Å². The molecule has 2 fully saturated rings. The Morgan fingerprint density at radius 3 is 2.55 bits per heavy atom. The molecule has 0 bridgehead atoms. The summed E-state index contributed by atoms with van der Waals surface area (Å²) in [5, 5.41) is 0. The van der Waals surface area contributed by atoms with Crippen LogP contribution >= 0.6 is 0 Å². The lowest BCUT2D eigenvalue weighted by Gasteiger charge is -2.47. The van der Waals surface area contributed by atoms with Gasteiger partial charge in [-0.1, -0.05) is 30.3 Å². The van der Waals surface area contributed by atoms with Crippen molar-refractivity contribution in [3.63, 3.8) is 0 Å². The molecule has 0 N–H and O–H groups in total. The summed E-state index contributed by atoms with van der Waals surface area (Å²) in [4.78, 5) is 28.1. The van der Waals surface area contributed by atoms with E-state index in [1.807, 2.05) is 31.3 Å². The average molecular weight is 394 g/mol. The lowest BCUT2D eigenvalue weighted by molar-refractivity contribution is -0.138.